The van der Waals surface area contributed by atoms with Gasteiger partial charge in [0.05, 0.1) is 0 Å². The molecule has 2 rings (SSSR count). The molecule has 2 heteroatoms. The Balaban J connectivity index is 2.05. The first-order valence-electron chi connectivity index (χ1n) is 7.37. The molecule has 110 valence electrons. The molecule has 2 aromatic rings. The smallest absolute Gasteiger partial charge is 0.128 e. The van der Waals surface area contributed by atoms with Crippen molar-refractivity contribution in [2.24, 2.45) is 0 Å². The van der Waals surface area contributed by atoms with E-state index in [4.69, 9.17) is 4.74 Å². The van der Waals surface area contributed by atoms with E-state index >= 15 is 0 Å². The maximum Gasteiger partial charge on any atom is 0.128 e. The van der Waals surface area contributed by atoms with E-state index in [1.165, 1.54) is 5.57 Å². The van der Waals surface area contributed by atoms with E-state index in [1.807, 2.05) is 42.5 Å². The molecule has 0 aliphatic carbocycles. The lowest BCUT2D eigenvalue weighted by atomic mass is 10.1. The minimum atomic E-state index is 0.501. The third kappa shape index (κ3) is 5.44. The Kier molecular flexibility index (Phi) is 5.59. The summed E-state index contributed by atoms with van der Waals surface area (Å²) in [7, 11) is 0. The number of benzene rings is 2. The fraction of sp³-hybridized carbons (Fsp3) is 0.263. The molecule has 0 aliphatic rings. The number of para-hydroxylation sites is 1. The van der Waals surface area contributed by atoms with Gasteiger partial charge in [0, 0.05) is 12.6 Å². The molecule has 0 bridgehead atoms. The van der Waals surface area contributed by atoms with Crippen LogP contribution in [0.5, 0.6) is 11.5 Å². The summed E-state index contributed by atoms with van der Waals surface area (Å²) in [6.45, 7) is 7.35. The van der Waals surface area contributed by atoms with Gasteiger partial charge >= 0.3 is 0 Å². The molecule has 21 heavy (non-hydrogen) atoms. The van der Waals surface area contributed by atoms with Crippen molar-refractivity contribution < 1.29 is 4.74 Å². The monoisotopic (exact) mass is 281 g/mol. The summed E-state index contributed by atoms with van der Waals surface area (Å²) in [4.78, 5) is 0. The molecule has 2 aromatic carbocycles. The van der Waals surface area contributed by atoms with Crippen molar-refractivity contribution in [3.8, 4) is 11.5 Å². The summed E-state index contributed by atoms with van der Waals surface area (Å²) in [6, 6.07) is 18.5. The van der Waals surface area contributed by atoms with Gasteiger partial charge in [-0.05, 0) is 36.8 Å². The highest BCUT2D eigenvalue weighted by molar-refractivity contribution is 5.55. The standard InChI is InChI=1S/C19H23NO/c1-15(2)20-14-16(3)12-17-8-7-11-19(13-17)21-18-9-5-4-6-10-18/h4-13,15,20H,14H2,1-3H3. The SMILES string of the molecule is CC(=Cc1cccc(Oc2ccccc2)c1)CNC(C)C. The zero-order valence-corrected chi connectivity index (χ0v) is 13.0. The highest BCUT2D eigenvalue weighted by Crippen LogP contribution is 2.22. The number of nitrogens with one attached hydrogen (secondary N) is 1. The molecule has 0 aromatic heterocycles. The first kappa shape index (κ1) is 15.3. The Bertz CT molecular complexity index is 588. The van der Waals surface area contributed by atoms with Gasteiger partial charge in [0.25, 0.3) is 0 Å². The second-order valence-corrected chi connectivity index (χ2v) is 5.51. The van der Waals surface area contributed by atoms with E-state index in [9.17, 15) is 0 Å². The molecule has 0 amide bonds. The second-order valence-electron chi connectivity index (χ2n) is 5.51. The van der Waals surface area contributed by atoms with Crippen LogP contribution in [0.1, 0.15) is 26.3 Å². The Morgan fingerprint density at radius 2 is 1.76 bits per heavy atom. The van der Waals surface area contributed by atoms with Crippen molar-refractivity contribution in [1.82, 2.24) is 5.32 Å². The van der Waals surface area contributed by atoms with E-state index in [2.05, 4.69) is 44.3 Å². The van der Waals surface area contributed by atoms with Crippen molar-refractivity contribution >= 4 is 6.08 Å². The molecule has 0 radical (unpaired) electrons. The van der Waals surface area contributed by atoms with Gasteiger partial charge in [0.2, 0.25) is 0 Å². The minimum absolute atomic E-state index is 0.501. The van der Waals surface area contributed by atoms with Crippen LogP contribution in [-0.4, -0.2) is 12.6 Å². The highest BCUT2D eigenvalue weighted by atomic mass is 16.5. The lowest BCUT2D eigenvalue weighted by molar-refractivity contribution is 0.482. The number of rotatable bonds is 6. The second kappa shape index (κ2) is 7.65. The molecule has 0 unspecified atom stereocenters. The van der Waals surface area contributed by atoms with Crippen LogP contribution in [0.15, 0.2) is 60.2 Å². The topological polar surface area (TPSA) is 21.3 Å². The average molecular weight is 281 g/mol. The molecular weight excluding hydrogens is 258 g/mol. The third-order valence-corrected chi connectivity index (χ3v) is 3.04. The van der Waals surface area contributed by atoms with E-state index in [-0.39, 0.29) is 0 Å². The fourth-order valence-electron chi connectivity index (χ4n) is 1.99. The van der Waals surface area contributed by atoms with Gasteiger partial charge in [0.15, 0.2) is 0 Å². The van der Waals surface area contributed by atoms with Crippen LogP contribution >= 0.6 is 0 Å². The largest absolute Gasteiger partial charge is 0.457 e. The van der Waals surface area contributed by atoms with Gasteiger partial charge in [-0.15, -0.1) is 0 Å². The van der Waals surface area contributed by atoms with Crippen LogP contribution in [-0.2, 0) is 0 Å². The van der Waals surface area contributed by atoms with Crippen molar-refractivity contribution in [2.45, 2.75) is 26.8 Å². The third-order valence-electron chi connectivity index (χ3n) is 3.04. The summed E-state index contributed by atoms with van der Waals surface area (Å²) >= 11 is 0. The van der Waals surface area contributed by atoms with Gasteiger partial charge in [-0.3, -0.25) is 0 Å². The maximum absolute atomic E-state index is 5.85. The van der Waals surface area contributed by atoms with E-state index in [1.54, 1.807) is 0 Å². The lowest BCUT2D eigenvalue weighted by Crippen LogP contribution is -2.24. The molecule has 0 spiro atoms. The molecule has 0 aliphatic heterocycles. The lowest BCUT2D eigenvalue weighted by Gasteiger charge is -2.09. The normalized spacial score (nSPS) is 11.7. The highest BCUT2D eigenvalue weighted by Gasteiger charge is 1.99. The maximum atomic E-state index is 5.85. The first-order chi connectivity index (χ1) is 10.1. The predicted octanol–water partition coefficient (Wildman–Crippen LogP) is 4.88. The predicted molar refractivity (Wildman–Crippen MR) is 89.7 cm³/mol. The average Bonchev–Trinajstić information content (AvgIpc) is 2.46. The van der Waals surface area contributed by atoms with Crippen LogP contribution < -0.4 is 10.1 Å². The fourth-order valence-corrected chi connectivity index (χ4v) is 1.99. The van der Waals surface area contributed by atoms with Crippen molar-refractivity contribution in [3.05, 3.63) is 65.7 Å². The number of hydrogen-bond donors (Lipinski definition) is 1. The number of hydrogen-bond acceptors (Lipinski definition) is 2. The molecule has 0 atom stereocenters. The van der Waals surface area contributed by atoms with Crippen LogP contribution in [0.4, 0.5) is 0 Å². The van der Waals surface area contributed by atoms with Crippen LogP contribution in [0, 0.1) is 0 Å². The summed E-state index contributed by atoms with van der Waals surface area (Å²) in [5.41, 5.74) is 2.46. The zero-order valence-electron chi connectivity index (χ0n) is 13.0. The Labute approximate surface area is 127 Å². The minimum Gasteiger partial charge on any atom is -0.457 e. The summed E-state index contributed by atoms with van der Waals surface area (Å²) in [6.07, 6.45) is 2.19. The molecule has 0 saturated carbocycles. The Morgan fingerprint density at radius 1 is 1.05 bits per heavy atom. The van der Waals surface area contributed by atoms with Crippen molar-refractivity contribution in [1.29, 1.82) is 0 Å². The van der Waals surface area contributed by atoms with Crippen molar-refractivity contribution in [2.75, 3.05) is 6.54 Å². The van der Waals surface area contributed by atoms with Gasteiger partial charge < -0.3 is 10.1 Å². The Hall–Kier alpha value is -2.06. The van der Waals surface area contributed by atoms with Crippen LogP contribution in [0.2, 0.25) is 0 Å². The quantitative estimate of drug-likeness (QED) is 0.814. The molecular formula is C19H23NO. The zero-order chi connectivity index (χ0) is 15.1. The summed E-state index contributed by atoms with van der Waals surface area (Å²) in [5.74, 6) is 1.72. The molecule has 0 fully saturated rings. The van der Waals surface area contributed by atoms with Gasteiger partial charge in [-0.1, -0.05) is 55.8 Å². The number of ether oxygens (including phenoxy) is 1. The van der Waals surface area contributed by atoms with Crippen LogP contribution in [0.25, 0.3) is 6.08 Å². The molecule has 1 N–H and O–H groups in total. The molecule has 0 saturated heterocycles. The van der Waals surface area contributed by atoms with E-state index < -0.39 is 0 Å². The first-order valence-corrected chi connectivity index (χ1v) is 7.37. The van der Waals surface area contributed by atoms with Gasteiger partial charge in [0.1, 0.15) is 11.5 Å². The van der Waals surface area contributed by atoms with E-state index in [0.717, 1.165) is 23.6 Å². The van der Waals surface area contributed by atoms with Gasteiger partial charge in [-0.25, -0.2) is 0 Å². The summed E-state index contributed by atoms with van der Waals surface area (Å²) < 4.78 is 5.85. The molecule has 2 nitrogen and oxygen atoms in total. The Morgan fingerprint density at radius 3 is 2.48 bits per heavy atom. The van der Waals surface area contributed by atoms with Crippen molar-refractivity contribution in [3.63, 3.8) is 0 Å². The summed E-state index contributed by atoms with van der Waals surface area (Å²) in [5, 5.41) is 3.42. The molecule has 0 heterocycles. The van der Waals surface area contributed by atoms with Crippen LogP contribution in [0.3, 0.4) is 0 Å². The van der Waals surface area contributed by atoms with Gasteiger partial charge in [-0.2, -0.15) is 0 Å². The van der Waals surface area contributed by atoms with E-state index in [0.29, 0.717) is 6.04 Å².